The van der Waals surface area contributed by atoms with E-state index in [9.17, 15) is 8.78 Å². The Balaban J connectivity index is 1.49. The summed E-state index contributed by atoms with van der Waals surface area (Å²) in [6, 6.07) is 10.9. The number of benzene rings is 2. The van der Waals surface area contributed by atoms with Crippen molar-refractivity contribution in [1.29, 1.82) is 0 Å². The van der Waals surface area contributed by atoms with E-state index in [1.165, 1.54) is 12.1 Å². The Kier molecular flexibility index (Phi) is 3.84. The number of oxazole rings is 1. The monoisotopic (exact) mass is 396 g/mol. The molecule has 5 rings (SSSR count). The summed E-state index contributed by atoms with van der Waals surface area (Å²) in [6.45, 7) is 0.374. The maximum Gasteiger partial charge on any atom is 0.215 e. The van der Waals surface area contributed by atoms with Gasteiger partial charge in [0.15, 0.2) is 23.0 Å². The number of hydrogen-bond acceptors (Lipinski definition) is 4. The zero-order valence-corrected chi connectivity index (χ0v) is 15.0. The lowest BCUT2D eigenvalue weighted by atomic mass is 10.2. The van der Waals surface area contributed by atoms with Gasteiger partial charge in [-0.15, -0.1) is 0 Å². The number of aromatic nitrogens is 4. The van der Waals surface area contributed by atoms with E-state index in [-0.39, 0.29) is 11.4 Å². The third kappa shape index (κ3) is 2.90. The first kappa shape index (κ1) is 16.8. The summed E-state index contributed by atoms with van der Waals surface area (Å²) in [5, 5.41) is 0.589. The van der Waals surface area contributed by atoms with Gasteiger partial charge in [0.1, 0.15) is 11.2 Å². The normalized spacial score (nSPS) is 11.5. The maximum absolute atomic E-state index is 14.0. The summed E-state index contributed by atoms with van der Waals surface area (Å²) in [7, 11) is 0. The molecule has 8 heteroatoms. The van der Waals surface area contributed by atoms with Crippen molar-refractivity contribution in [2.24, 2.45) is 0 Å². The molecule has 0 amide bonds. The van der Waals surface area contributed by atoms with Gasteiger partial charge in [0.25, 0.3) is 0 Å². The fourth-order valence-corrected chi connectivity index (χ4v) is 3.19. The van der Waals surface area contributed by atoms with Crippen LogP contribution < -0.4 is 0 Å². The smallest absolute Gasteiger partial charge is 0.215 e. The molecule has 2 aliphatic heterocycles. The van der Waals surface area contributed by atoms with E-state index >= 15 is 0 Å². The van der Waals surface area contributed by atoms with Gasteiger partial charge < -0.3 is 8.98 Å². The Bertz CT molecular complexity index is 1300. The molecule has 0 radical (unpaired) electrons. The van der Waals surface area contributed by atoms with Crippen LogP contribution in [-0.2, 0) is 6.54 Å². The second kappa shape index (κ2) is 6.38. The number of nitrogens with zero attached hydrogens (tertiary/aromatic N) is 4. The summed E-state index contributed by atoms with van der Waals surface area (Å²) in [5.41, 5.74) is 2.50. The molecule has 0 aliphatic carbocycles. The minimum Gasteiger partial charge on any atom is -0.439 e. The molecule has 0 saturated carbocycles. The van der Waals surface area contributed by atoms with E-state index in [0.717, 1.165) is 6.07 Å². The number of imidazole rings is 1. The Labute approximate surface area is 162 Å². The first-order valence-electron chi connectivity index (χ1n) is 8.40. The van der Waals surface area contributed by atoms with Crippen LogP contribution in [0.2, 0.25) is 5.02 Å². The quantitative estimate of drug-likeness (QED) is 0.422. The number of fused-ring (bicyclic) bond motifs is 2. The number of hydrogen-bond donors (Lipinski definition) is 0. The van der Waals surface area contributed by atoms with Crippen LogP contribution in [0.5, 0.6) is 0 Å². The molecule has 0 saturated heterocycles. The molecule has 2 aliphatic rings. The lowest BCUT2D eigenvalue weighted by Crippen LogP contribution is -2.01. The van der Waals surface area contributed by atoms with Gasteiger partial charge in [0.05, 0.1) is 17.8 Å². The first-order valence-corrected chi connectivity index (χ1v) is 8.77. The van der Waals surface area contributed by atoms with Crippen LogP contribution in [-0.4, -0.2) is 19.5 Å². The second-order valence-corrected chi connectivity index (χ2v) is 6.69. The predicted octanol–water partition coefficient (Wildman–Crippen LogP) is 5.17. The van der Waals surface area contributed by atoms with Crippen LogP contribution in [0.3, 0.4) is 0 Å². The highest BCUT2D eigenvalue weighted by Gasteiger charge is 2.18. The van der Waals surface area contributed by atoms with Crippen molar-refractivity contribution < 1.29 is 13.2 Å². The molecule has 1 aromatic heterocycles. The molecule has 2 aromatic carbocycles. The van der Waals surface area contributed by atoms with E-state index < -0.39 is 11.6 Å². The minimum atomic E-state index is -0.962. The molecular weight excluding hydrogens is 386 g/mol. The van der Waals surface area contributed by atoms with Gasteiger partial charge in [0, 0.05) is 17.4 Å². The zero-order valence-electron chi connectivity index (χ0n) is 14.2. The van der Waals surface area contributed by atoms with Crippen LogP contribution in [0.4, 0.5) is 8.78 Å². The Morgan fingerprint density at radius 2 is 1.86 bits per heavy atom. The van der Waals surface area contributed by atoms with Gasteiger partial charge in [-0.2, -0.15) is 0 Å². The summed E-state index contributed by atoms with van der Waals surface area (Å²) >= 11 is 5.97. The lowest BCUT2D eigenvalue weighted by Gasteiger charge is -2.04. The van der Waals surface area contributed by atoms with Gasteiger partial charge in [-0.3, -0.25) is 0 Å². The Morgan fingerprint density at radius 3 is 2.75 bits per heavy atom. The predicted molar refractivity (Wildman–Crippen MR) is 100 cm³/mol. The van der Waals surface area contributed by atoms with Crippen molar-refractivity contribution in [2.75, 3.05) is 0 Å². The van der Waals surface area contributed by atoms with E-state index in [1.807, 2.05) is 4.57 Å². The van der Waals surface area contributed by atoms with Gasteiger partial charge >= 0.3 is 0 Å². The van der Waals surface area contributed by atoms with Crippen LogP contribution in [0.15, 0.2) is 59.3 Å². The molecule has 0 fully saturated rings. The van der Waals surface area contributed by atoms with Crippen LogP contribution >= 0.6 is 11.6 Å². The fourth-order valence-electron chi connectivity index (χ4n) is 3.02. The summed E-state index contributed by atoms with van der Waals surface area (Å²) in [6.07, 6.45) is 3.55. The molecule has 0 N–H and O–H groups in total. The van der Waals surface area contributed by atoms with Crippen molar-refractivity contribution in [2.45, 2.75) is 6.54 Å². The molecule has 5 nitrogen and oxygen atoms in total. The van der Waals surface area contributed by atoms with Gasteiger partial charge in [-0.25, -0.2) is 23.7 Å². The summed E-state index contributed by atoms with van der Waals surface area (Å²) < 4.78 is 35.1. The van der Waals surface area contributed by atoms with E-state index in [4.69, 9.17) is 16.0 Å². The number of pyridine rings is 1. The van der Waals surface area contributed by atoms with Crippen molar-refractivity contribution in [3.63, 3.8) is 0 Å². The molecule has 0 atom stereocenters. The largest absolute Gasteiger partial charge is 0.439 e. The highest BCUT2D eigenvalue weighted by atomic mass is 35.5. The molecular formula is C20H11ClF2N4O. The fraction of sp³-hybridized carbons (Fsp3) is 0.0500. The molecule has 28 heavy (non-hydrogen) atoms. The number of halogens is 3. The van der Waals surface area contributed by atoms with Gasteiger partial charge in [-0.05, 0) is 36.4 Å². The summed E-state index contributed by atoms with van der Waals surface area (Å²) in [4.78, 5) is 13.1. The van der Waals surface area contributed by atoms with Gasteiger partial charge in [-0.1, -0.05) is 17.7 Å². The average Bonchev–Trinajstić information content (AvgIpc) is 3.26. The highest BCUT2D eigenvalue weighted by Crippen LogP contribution is 2.28. The van der Waals surface area contributed by atoms with E-state index in [1.54, 1.807) is 36.7 Å². The average molecular weight is 397 g/mol. The van der Waals surface area contributed by atoms with Crippen LogP contribution in [0.25, 0.3) is 33.9 Å². The van der Waals surface area contributed by atoms with Crippen molar-refractivity contribution in [1.82, 2.24) is 19.5 Å². The first-order chi connectivity index (χ1) is 13.6. The molecule has 3 aromatic rings. The Hall–Kier alpha value is -3.32. The maximum atomic E-state index is 14.0. The van der Waals surface area contributed by atoms with Crippen molar-refractivity contribution in [3.8, 4) is 22.8 Å². The third-order valence-electron chi connectivity index (χ3n) is 4.33. The number of rotatable bonds is 3. The van der Waals surface area contributed by atoms with Crippen molar-refractivity contribution >= 4 is 22.7 Å². The minimum absolute atomic E-state index is 0.0265. The van der Waals surface area contributed by atoms with E-state index in [0.29, 0.717) is 39.9 Å². The van der Waals surface area contributed by atoms with Crippen LogP contribution in [0.1, 0.15) is 5.89 Å². The van der Waals surface area contributed by atoms with E-state index in [2.05, 4.69) is 15.0 Å². The molecule has 0 unspecified atom stereocenters. The SMILES string of the molecule is Fc1cccc(-c2nc3ccn(Cc4nc5cc(Cl)ccc5o4)cc-3n2)c1F. The third-order valence-corrected chi connectivity index (χ3v) is 4.57. The molecule has 0 bridgehead atoms. The Morgan fingerprint density at radius 1 is 1.00 bits per heavy atom. The summed E-state index contributed by atoms with van der Waals surface area (Å²) in [5.74, 6) is -1.24. The molecule has 0 spiro atoms. The topological polar surface area (TPSA) is 56.7 Å². The standard InChI is InChI=1S/C20H11ClF2N4O/c21-11-4-5-17-15(8-11)24-18(28-17)10-27-7-6-14-16(9-27)26-20(25-14)12-2-1-3-13(22)19(12)23/h1-9H,10H2. The van der Waals surface area contributed by atoms with Crippen LogP contribution in [0, 0.1) is 11.6 Å². The molecule has 138 valence electrons. The second-order valence-electron chi connectivity index (χ2n) is 6.26. The zero-order chi connectivity index (χ0) is 19.3. The lowest BCUT2D eigenvalue weighted by molar-refractivity contribution is 0.508. The van der Waals surface area contributed by atoms with Crippen molar-refractivity contribution in [3.05, 3.63) is 77.4 Å². The molecule has 3 heterocycles. The van der Waals surface area contributed by atoms with Gasteiger partial charge in [0.2, 0.25) is 5.89 Å². The highest BCUT2D eigenvalue weighted by molar-refractivity contribution is 6.31.